The summed E-state index contributed by atoms with van der Waals surface area (Å²) >= 11 is 0. The second-order valence-corrected chi connectivity index (χ2v) is 8.49. The van der Waals surface area contributed by atoms with Crippen LogP contribution >= 0.6 is 0 Å². The fourth-order valence-electron chi connectivity index (χ4n) is 3.75. The van der Waals surface area contributed by atoms with Crippen LogP contribution in [0.2, 0.25) is 0 Å². The van der Waals surface area contributed by atoms with Gasteiger partial charge in [-0.15, -0.1) is 0 Å². The number of carbonyl (C=O) groups excluding carboxylic acids is 1. The highest BCUT2D eigenvalue weighted by molar-refractivity contribution is 5.91. The zero-order valence-corrected chi connectivity index (χ0v) is 18.4. The number of aromatic nitrogens is 1. The summed E-state index contributed by atoms with van der Waals surface area (Å²) in [5.74, 6) is 0.845. The van der Waals surface area contributed by atoms with Crippen molar-refractivity contribution in [3.63, 3.8) is 0 Å². The molecule has 0 bridgehead atoms. The molecule has 2 saturated heterocycles. The van der Waals surface area contributed by atoms with E-state index in [1.807, 2.05) is 0 Å². The summed E-state index contributed by atoms with van der Waals surface area (Å²) in [6, 6.07) is 0. The number of morpholine rings is 1. The molecular formula is C21H37N5O4. The van der Waals surface area contributed by atoms with Crippen LogP contribution in [-0.2, 0) is 11.3 Å². The Balaban J connectivity index is 1.35. The van der Waals surface area contributed by atoms with Gasteiger partial charge >= 0.3 is 0 Å². The number of hydrogen-bond acceptors (Lipinski definition) is 8. The molecule has 9 heteroatoms. The van der Waals surface area contributed by atoms with E-state index in [4.69, 9.17) is 9.15 Å². The third-order valence-electron chi connectivity index (χ3n) is 5.96. The van der Waals surface area contributed by atoms with Crippen LogP contribution in [0.5, 0.6) is 0 Å². The third-order valence-corrected chi connectivity index (χ3v) is 5.96. The van der Waals surface area contributed by atoms with Crippen molar-refractivity contribution in [2.45, 2.75) is 32.9 Å². The molecule has 0 aliphatic carbocycles. The lowest BCUT2D eigenvalue weighted by molar-refractivity contribution is 0.00187. The van der Waals surface area contributed by atoms with E-state index in [0.29, 0.717) is 43.7 Å². The van der Waals surface area contributed by atoms with Crippen molar-refractivity contribution in [2.24, 2.45) is 5.92 Å². The molecule has 1 aromatic rings. The first-order chi connectivity index (χ1) is 14.5. The van der Waals surface area contributed by atoms with Crippen molar-refractivity contribution in [1.82, 2.24) is 25.0 Å². The largest absolute Gasteiger partial charge is 0.447 e. The first-order valence-electron chi connectivity index (χ1n) is 11.2. The summed E-state index contributed by atoms with van der Waals surface area (Å²) in [5.41, 5.74) is 0.346. The number of ether oxygens (including phenoxy) is 1. The average molecular weight is 424 g/mol. The fraction of sp³-hybridized carbons (Fsp3) is 0.810. The van der Waals surface area contributed by atoms with Crippen molar-refractivity contribution in [2.75, 3.05) is 72.1 Å². The lowest BCUT2D eigenvalue weighted by Gasteiger charge is -2.36. The molecule has 30 heavy (non-hydrogen) atoms. The average Bonchev–Trinajstić information content (AvgIpc) is 3.22. The Morgan fingerprint density at radius 3 is 2.43 bits per heavy atom. The van der Waals surface area contributed by atoms with Crippen molar-refractivity contribution < 1.29 is 19.1 Å². The van der Waals surface area contributed by atoms with Crippen molar-refractivity contribution in [1.29, 1.82) is 0 Å². The summed E-state index contributed by atoms with van der Waals surface area (Å²) in [6.45, 7) is 13.8. The van der Waals surface area contributed by atoms with Crippen LogP contribution in [0, 0.1) is 5.92 Å². The third kappa shape index (κ3) is 7.31. The molecule has 2 aliphatic rings. The summed E-state index contributed by atoms with van der Waals surface area (Å²) in [4.78, 5) is 23.4. The number of β-amino-alcohol motifs (C(OH)–C–C–N with tert-alkyl or cyclic N) is 1. The lowest BCUT2D eigenvalue weighted by atomic mass is 10.1. The molecule has 0 radical (unpaired) electrons. The minimum absolute atomic E-state index is 0.177. The second-order valence-electron chi connectivity index (χ2n) is 8.49. The van der Waals surface area contributed by atoms with Crippen molar-refractivity contribution >= 4 is 5.91 Å². The molecule has 3 heterocycles. The number of rotatable bonds is 10. The zero-order valence-electron chi connectivity index (χ0n) is 18.4. The van der Waals surface area contributed by atoms with Crippen LogP contribution < -0.4 is 5.32 Å². The van der Waals surface area contributed by atoms with Gasteiger partial charge in [0.15, 0.2) is 5.69 Å². The highest BCUT2D eigenvalue weighted by Crippen LogP contribution is 2.10. The highest BCUT2D eigenvalue weighted by Gasteiger charge is 2.23. The van der Waals surface area contributed by atoms with Gasteiger partial charge in [0.05, 0.1) is 25.9 Å². The summed E-state index contributed by atoms with van der Waals surface area (Å²) in [5, 5.41) is 13.3. The van der Waals surface area contributed by atoms with Crippen LogP contribution in [0.1, 0.15) is 36.6 Å². The number of aliphatic hydroxyl groups excluding tert-OH is 1. The highest BCUT2D eigenvalue weighted by atomic mass is 16.5. The molecule has 2 aliphatic heterocycles. The molecular weight excluding hydrogens is 386 g/mol. The second kappa shape index (κ2) is 11.8. The molecule has 2 N–H and O–H groups in total. The maximum atomic E-state index is 12.2. The van der Waals surface area contributed by atoms with Crippen LogP contribution in [0.15, 0.2) is 10.7 Å². The number of oxazole rings is 1. The summed E-state index contributed by atoms with van der Waals surface area (Å²) in [7, 11) is 0. The summed E-state index contributed by atoms with van der Waals surface area (Å²) in [6.07, 6.45) is 2.14. The minimum Gasteiger partial charge on any atom is -0.447 e. The van der Waals surface area contributed by atoms with E-state index < -0.39 is 0 Å². The Hall–Kier alpha value is -1.52. The van der Waals surface area contributed by atoms with Gasteiger partial charge in [-0.1, -0.05) is 20.3 Å². The topological polar surface area (TPSA) is 94.3 Å². The van der Waals surface area contributed by atoms with Gasteiger partial charge in [0, 0.05) is 58.9 Å². The molecule has 2 atom stereocenters. The van der Waals surface area contributed by atoms with Crippen LogP contribution in [0.3, 0.4) is 0 Å². The van der Waals surface area contributed by atoms with E-state index in [-0.39, 0.29) is 12.0 Å². The van der Waals surface area contributed by atoms with Gasteiger partial charge in [-0.25, -0.2) is 4.98 Å². The normalized spacial score (nSPS) is 21.4. The van der Waals surface area contributed by atoms with E-state index >= 15 is 0 Å². The van der Waals surface area contributed by atoms with Gasteiger partial charge in [-0.2, -0.15) is 0 Å². The first kappa shape index (κ1) is 23.1. The Morgan fingerprint density at radius 2 is 1.77 bits per heavy atom. The molecule has 3 rings (SSSR count). The van der Waals surface area contributed by atoms with Gasteiger partial charge in [-0.05, 0) is 5.92 Å². The van der Waals surface area contributed by atoms with E-state index in [2.05, 4.69) is 38.8 Å². The lowest BCUT2D eigenvalue weighted by Crippen LogP contribution is -2.50. The van der Waals surface area contributed by atoms with Gasteiger partial charge in [0.1, 0.15) is 6.26 Å². The molecule has 1 aromatic heterocycles. The first-order valence-corrected chi connectivity index (χ1v) is 11.2. The Morgan fingerprint density at radius 1 is 1.13 bits per heavy atom. The minimum atomic E-state index is -0.335. The van der Waals surface area contributed by atoms with Gasteiger partial charge in [-0.3, -0.25) is 19.5 Å². The SMILES string of the molecule is CC[C@H](C)CNC(=O)c1coc(CN2CCN(C[C@H](O)CN3CCOCC3)CC2)n1. The zero-order chi connectivity index (χ0) is 21.3. The van der Waals surface area contributed by atoms with Gasteiger partial charge in [0.2, 0.25) is 5.89 Å². The monoisotopic (exact) mass is 423 g/mol. The predicted molar refractivity (Wildman–Crippen MR) is 113 cm³/mol. The number of hydrogen-bond donors (Lipinski definition) is 2. The van der Waals surface area contributed by atoms with E-state index in [1.165, 1.54) is 6.26 Å². The molecule has 0 spiro atoms. The smallest absolute Gasteiger partial charge is 0.273 e. The Kier molecular flexibility index (Phi) is 9.07. The molecule has 170 valence electrons. The molecule has 9 nitrogen and oxygen atoms in total. The molecule has 0 unspecified atom stereocenters. The van der Waals surface area contributed by atoms with Crippen LogP contribution in [-0.4, -0.2) is 109 Å². The van der Waals surface area contributed by atoms with E-state index in [9.17, 15) is 9.90 Å². The molecule has 0 aromatic carbocycles. The number of piperazine rings is 1. The van der Waals surface area contributed by atoms with Crippen LogP contribution in [0.25, 0.3) is 0 Å². The van der Waals surface area contributed by atoms with Gasteiger partial charge < -0.3 is 19.6 Å². The predicted octanol–water partition coefficient (Wildman–Crippen LogP) is 0.261. The van der Waals surface area contributed by atoms with Gasteiger partial charge in [0.25, 0.3) is 5.91 Å². The van der Waals surface area contributed by atoms with Crippen molar-refractivity contribution in [3.05, 3.63) is 17.8 Å². The maximum absolute atomic E-state index is 12.2. The summed E-state index contributed by atoms with van der Waals surface area (Å²) < 4.78 is 10.9. The quantitative estimate of drug-likeness (QED) is 0.554. The fourth-order valence-corrected chi connectivity index (χ4v) is 3.75. The number of carbonyl (C=O) groups is 1. The molecule has 0 saturated carbocycles. The van der Waals surface area contributed by atoms with Crippen LogP contribution in [0.4, 0.5) is 0 Å². The van der Waals surface area contributed by atoms with E-state index in [0.717, 1.165) is 58.9 Å². The van der Waals surface area contributed by atoms with Crippen molar-refractivity contribution in [3.8, 4) is 0 Å². The molecule has 1 amide bonds. The number of nitrogens with zero attached hydrogens (tertiary/aromatic N) is 4. The number of aliphatic hydroxyl groups is 1. The van der Waals surface area contributed by atoms with E-state index in [1.54, 1.807) is 0 Å². The Labute approximate surface area is 179 Å². The molecule has 2 fully saturated rings. The maximum Gasteiger partial charge on any atom is 0.273 e. The Bertz CT molecular complexity index is 641. The standard InChI is InChI=1S/C21H37N5O4/c1-3-17(2)12-22-21(28)19-16-30-20(23-19)15-25-6-4-24(5-7-25)13-18(27)14-26-8-10-29-11-9-26/h16-18,27H,3-15H2,1-2H3,(H,22,28)/t17-,18-/m0/s1. The number of amides is 1. The number of nitrogens with one attached hydrogen (secondary N) is 1.